The highest BCUT2D eigenvalue weighted by Gasteiger charge is 2.19. The second-order valence-corrected chi connectivity index (χ2v) is 8.02. The van der Waals surface area contributed by atoms with Crippen LogP contribution in [0.5, 0.6) is 0 Å². The first kappa shape index (κ1) is 19.0. The summed E-state index contributed by atoms with van der Waals surface area (Å²) in [6.45, 7) is 1.63. The number of thiophene rings is 1. The van der Waals surface area contributed by atoms with Crippen molar-refractivity contribution in [3.63, 3.8) is 0 Å². The molecule has 2 aromatic carbocycles. The van der Waals surface area contributed by atoms with E-state index in [-0.39, 0.29) is 0 Å². The van der Waals surface area contributed by atoms with Crippen LogP contribution in [-0.2, 0) is 11.3 Å². The zero-order valence-electron chi connectivity index (χ0n) is 15.8. The molecular formula is C24H22ClNOS. The summed E-state index contributed by atoms with van der Waals surface area (Å²) < 4.78 is 7.74. The monoisotopic (exact) mass is 407 g/mol. The lowest BCUT2D eigenvalue weighted by Crippen LogP contribution is -2.05. The van der Waals surface area contributed by atoms with Crippen molar-refractivity contribution in [3.8, 4) is 33.0 Å². The van der Waals surface area contributed by atoms with Gasteiger partial charge in [0, 0.05) is 41.4 Å². The Hall–Kier alpha value is -2.33. The van der Waals surface area contributed by atoms with Crippen LogP contribution < -0.4 is 0 Å². The van der Waals surface area contributed by atoms with Crippen molar-refractivity contribution in [1.29, 1.82) is 0 Å². The fourth-order valence-corrected chi connectivity index (χ4v) is 4.40. The van der Waals surface area contributed by atoms with Crippen LogP contribution in [0.25, 0.3) is 33.0 Å². The lowest BCUT2D eigenvalue weighted by atomic mass is 10.1. The van der Waals surface area contributed by atoms with Crippen molar-refractivity contribution in [3.05, 3.63) is 83.2 Å². The number of nitrogens with zero attached hydrogens (tertiary/aromatic N) is 1. The molecule has 2 heterocycles. The molecule has 0 bridgehead atoms. The molecular weight excluding hydrogens is 386 g/mol. The smallest absolute Gasteiger partial charge is 0.0573 e. The minimum Gasteiger partial charge on any atom is -0.385 e. The van der Waals surface area contributed by atoms with Gasteiger partial charge in [-0.05, 0) is 47.2 Å². The van der Waals surface area contributed by atoms with Crippen LogP contribution in [0.1, 0.15) is 6.42 Å². The predicted octanol–water partition coefficient (Wildman–Crippen LogP) is 7.24. The van der Waals surface area contributed by atoms with Crippen LogP contribution in [0.4, 0.5) is 0 Å². The van der Waals surface area contributed by atoms with Gasteiger partial charge in [-0.2, -0.15) is 0 Å². The number of rotatable bonds is 7. The van der Waals surface area contributed by atoms with E-state index in [1.54, 1.807) is 18.4 Å². The average molecular weight is 408 g/mol. The molecule has 0 radical (unpaired) electrons. The summed E-state index contributed by atoms with van der Waals surface area (Å²) in [4.78, 5) is 1.28. The van der Waals surface area contributed by atoms with Crippen molar-refractivity contribution in [2.75, 3.05) is 13.7 Å². The second kappa shape index (κ2) is 8.78. The predicted molar refractivity (Wildman–Crippen MR) is 120 cm³/mol. The van der Waals surface area contributed by atoms with Gasteiger partial charge in [-0.15, -0.1) is 11.3 Å². The Morgan fingerprint density at radius 1 is 0.929 bits per heavy atom. The van der Waals surface area contributed by atoms with Crippen LogP contribution in [0.15, 0.2) is 78.2 Å². The van der Waals surface area contributed by atoms with E-state index in [1.807, 2.05) is 12.1 Å². The Morgan fingerprint density at radius 2 is 1.71 bits per heavy atom. The van der Waals surface area contributed by atoms with Crippen molar-refractivity contribution in [2.45, 2.75) is 13.0 Å². The number of hydrogen-bond acceptors (Lipinski definition) is 2. The molecule has 0 aliphatic heterocycles. The van der Waals surface area contributed by atoms with Gasteiger partial charge in [0.1, 0.15) is 0 Å². The maximum atomic E-state index is 6.13. The molecule has 0 unspecified atom stereocenters. The third-order valence-corrected chi connectivity index (χ3v) is 5.96. The van der Waals surface area contributed by atoms with Gasteiger partial charge in [0.15, 0.2) is 0 Å². The molecule has 142 valence electrons. The van der Waals surface area contributed by atoms with Gasteiger partial charge in [-0.25, -0.2) is 0 Å². The van der Waals surface area contributed by atoms with Crippen LogP contribution in [0.2, 0.25) is 5.02 Å². The van der Waals surface area contributed by atoms with Crippen LogP contribution in [-0.4, -0.2) is 18.3 Å². The molecule has 0 amide bonds. The SMILES string of the molecule is COCCCn1c(-c2ccc(Cl)cc2)cc(-c2cccs2)c1-c1ccccc1. The molecule has 0 saturated heterocycles. The van der Waals surface area contributed by atoms with E-state index in [2.05, 4.69) is 70.6 Å². The standard InChI is InChI=1S/C24H22ClNOS/c1-27-15-6-14-26-22(18-10-12-20(25)13-11-18)17-21(23-9-5-16-28-23)24(26)19-7-3-2-4-8-19/h2-5,7-13,16-17H,6,14-15H2,1H3. The Balaban J connectivity index is 1.93. The third kappa shape index (κ3) is 3.93. The minimum atomic E-state index is 0.737. The Labute approximate surface area is 175 Å². The van der Waals surface area contributed by atoms with Gasteiger partial charge in [0.2, 0.25) is 0 Å². The van der Waals surface area contributed by atoms with Gasteiger partial charge in [-0.1, -0.05) is 60.1 Å². The van der Waals surface area contributed by atoms with Crippen LogP contribution in [0.3, 0.4) is 0 Å². The molecule has 4 rings (SSSR count). The maximum absolute atomic E-state index is 6.13. The first-order chi connectivity index (χ1) is 13.8. The lowest BCUT2D eigenvalue weighted by Gasteiger charge is -2.15. The van der Waals surface area contributed by atoms with Crippen molar-refractivity contribution < 1.29 is 4.74 Å². The molecule has 0 atom stereocenters. The Bertz CT molecular complexity index is 1020. The Morgan fingerprint density at radius 3 is 2.39 bits per heavy atom. The number of ether oxygens (including phenoxy) is 1. The normalized spacial score (nSPS) is 11.1. The molecule has 2 nitrogen and oxygen atoms in total. The number of aromatic nitrogens is 1. The number of methoxy groups -OCH3 is 1. The largest absolute Gasteiger partial charge is 0.385 e. The molecule has 0 aliphatic carbocycles. The molecule has 0 aliphatic rings. The summed E-state index contributed by atoms with van der Waals surface area (Å²) in [5.74, 6) is 0. The number of benzene rings is 2. The summed E-state index contributed by atoms with van der Waals surface area (Å²) in [7, 11) is 1.75. The molecule has 4 heteroatoms. The first-order valence-electron chi connectivity index (χ1n) is 9.35. The molecule has 0 fully saturated rings. The van der Waals surface area contributed by atoms with Crippen LogP contribution >= 0.6 is 22.9 Å². The summed E-state index contributed by atoms with van der Waals surface area (Å²) in [5.41, 5.74) is 6.12. The number of hydrogen-bond donors (Lipinski definition) is 0. The van der Waals surface area contributed by atoms with E-state index in [4.69, 9.17) is 16.3 Å². The van der Waals surface area contributed by atoms with Gasteiger partial charge in [-0.3, -0.25) is 0 Å². The van der Waals surface area contributed by atoms with Crippen molar-refractivity contribution in [2.24, 2.45) is 0 Å². The second-order valence-electron chi connectivity index (χ2n) is 6.64. The minimum absolute atomic E-state index is 0.737. The maximum Gasteiger partial charge on any atom is 0.0573 e. The number of halogens is 1. The molecule has 0 N–H and O–H groups in total. The topological polar surface area (TPSA) is 14.2 Å². The van der Waals surface area contributed by atoms with E-state index < -0.39 is 0 Å². The van der Waals surface area contributed by atoms with E-state index in [9.17, 15) is 0 Å². The van der Waals surface area contributed by atoms with E-state index in [0.29, 0.717) is 0 Å². The molecule has 0 spiro atoms. The molecule has 2 aromatic heterocycles. The fourth-order valence-electron chi connectivity index (χ4n) is 3.53. The van der Waals surface area contributed by atoms with Gasteiger partial charge in [0.05, 0.1) is 5.69 Å². The van der Waals surface area contributed by atoms with E-state index >= 15 is 0 Å². The van der Waals surface area contributed by atoms with Crippen molar-refractivity contribution >= 4 is 22.9 Å². The highest BCUT2D eigenvalue weighted by Crippen LogP contribution is 2.41. The molecule has 28 heavy (non-hydrogen) atoms. The zero-order chi connectivity index (χ0) is 19.3. The third-order valence-electron chi connectivity index (χ3n) is 4.80. The summed E-state index contributed by atoms with van der Waals surface area (Å²) in [5, 5.41) is 2.89. The first-order valence-corrected chi connectivity index (χ1v) is 10.6. The Kier molecular flexibility index (Phi) is 5.96. The van der Waals surface area contributed by atoms with Crippen LogP contribution in [0, 0.1) is 0 Å². The highest BCUT2D eigenvalue weighted by molar-refractivity contribution is 7.13. The molecule has 0 saturated carbocycles. The van der Waals surface area contributed by atoms with E-state index in [1.165, 1.54) is 33.0 Å². The summed E-state index contributed by atoms with van der Waals surface area (Å²) in [6, 6.07) is 25.3. The summed E-state index contributed by atoms with van der Waals surface area (Å²) in [6.07, 6.45) is 0.954. The quantitative estimate of drug-likeness (QED) is 0.294. The van der Waals surface area contributed by atoms with E-state index in [0.717, 1.165) is 24.6 Å². The summed E-state index contributed by atoms with van der Waals surface area (Å²) >= 11 is 7.91. The lowest BCUT2D eigenvalue weighted by molar-refractivity contribution is 0.190. The van der Waals surface area contributed by atoms with Gasteiger partial charge >= 0.3 is 0 Å². The highest BCUT2D eigenvalue weighted by atomic mass is 35.5. The average Bonchev–Trinajstić information content (AvgIpc) is 3.37. The van der Waals surface area contributed by atoms with Crippen molar-refractivity contribution in [1.82, 2.24) is 4.57 Å². The molecule has 4 aromatic rings. The fraction of sp³-hybridized carbons (Fsp3) is 0.167. The van der Waals surface area contributed by atoms with Gasteiger partial charge < -0.3 is 9.30 Å². The zero-order valence-corrected chi connectivity index (χ0v) is 17.3. The van der Waals surface area contributed by atoms with Gasteiger partial charge in [0.25, 0.3) is 0 Å².